The number of nitrogens with zero attached hydrogens (tertiary/aromatic N) is 3. The van der Waals surface area contributed by atoms with E-state index in [-0.39, 0.29) is 28.7 Å². The van der Waals surface area contributed by atoms with Crippen LogP contribution in [0.15, 0.2) is 22.3 Å². The number of hydrogen-bond donors (Lipinski definition) is 2. The van der Waals surface area contributed by atoms with Crippen molar-refractivity contribution in [2.75, 3.05) is 14.2 Å². The number of nitro benzene ring substituents is 1. The van der Waals surface area contributed by atoms with E-state index in [1.807, 2.05) is 5.48 Å². The summed E-state index contributed by atoms with van der Waals surface area (Å²) >= 11 is 0. The van der Waals surface area contributed by atoms with Crippen LogP contribution >= 0.6 is 0 Å². The fourth-order valence-corrected chi connectivity index (χ4v) is 1.45. The van der Waals surface area contributed by atoms with Gasteiger partial charge in [0, 0.05) is 24.6 Å². The number of nitrogens with one attached hydrogen (secondary N) is 1. The van der Waals surface area contributed by atoms with Crippen LogP contribution in [0.4, 0.5) is 5.69 Å². The van der Waals surface area contributed by atoms with Crippen molar-refractivity contribution in [3.63, 3.8) is 0 Å². The fraction of sp³-hybridized carbons (Fsp3) is 0.250. The third kappa shape index (κ3) is 5.15. The van der Waals surface area contributed by atoms with Crippen LogP contribution in [0.2, 0.25) is 0 Å². The monoisotopic (exact) mass is 325 g/mol. The van der Waals surface area contributed by atoms with Gasteiger partial charge in [-0.2, -0.15) is 10.6 Å². The molecule has 0 aliphatic rings. The highest BCUT2D eigenvalue weighted by Gasteiger charge is 2.18. The fourth-order valence-electron chi connectivity index (χ4n) is 1.45. The van der Waals surface area contributed by atoms with Crippen molar-refractivity contribution in [3.8, 4) is 11.5 Å². The average molecular weight is 325 g/mol. The molecule has 0 bridgehead atoms. The summed E-state index contributed by atoms with van der Waals surface area (Å²) in [6.45, 7) is 1.17. The molecule has 0 aliphatic heterocycles. The largest absolute Gasteiger partial charge is 0.496 e. The second-order valence-electron chi connectivity index (χ2n) is 3.95. The molecule has 3 N–H and O–H groups in total. The summed E-state index contributed by atoms with van der Waals surface area (Å²) < 4.78 is 10.0. The van der Waals surface area contributed by atoms with Crippen LogP contribution in [0.1, 0.15) is 12.5 Å². The van der Waals surface area contributed by atoms with Gasteiger partial charge in [0.1, 0.15) is 5.75 Å². The van der Waals surface area contributed by atoms with Gasteiger partial charge in [-0.1, -0.05) is 0 Å². The number of carbonyl (C=O) groups excluding carboxylic acids is 1. The Morgan fingerprint density at radius 2 is 2.00 bits per heavy atom. The van der Waals surface area contributed by atoms with Gasteiger partial charge in [0.25, 0.3) is 0 Å². The summed E-state index contributed by atoms with van der Waals surface area (Å²) in [5, 5.41) is 18.1. The molecule has 11 heteroatoms. The van der Waals surface area contributed by atoms with E-state index in [0.29, 0.717) is 0 Å². The quantitative estimate of drug-likeness (QED) is 0.340. The van der Waals surface area contributed by atoms with Gasteiger partial charge in [-0.15, -0.1) is 5.10 Å². The number of methoxy groups -OCH3 is 2. The Hall–Kier alpha value is -3.37. The molecule has 1 rings (SSSR count). The van der Waals surface area contributed by atoms with Crippen molar-refractivity contribution < 1.29 is 24.0 Å². The molecule has 0 spiro atoms. The third-order valence-electron chi connectivity index (χ3n) is 2.39. The van der Waals surface area contributed by atoms with E-state index in [1.54, 1.807) is 0 Å². The normalized spacial score (nSPS) is 11.2. The van der Waals surface area contributed by atoms with Crippen LogP contribution in [-0.4, -0.2) is 37.3 Å². The highest BCUT2D eigenvalue weighted by molar-refractivity contribution is 5.86. The zero-order chi connectivity index (χ0) is 17.4. The highest BCUT2D eigenvalue weighted by atomic mass is 16.7. The zero-order valence-corrected chi connectivity index (χ0v) is 12.6. The van der Waals surface area contributed by atoms with Crippen molar-refractivity contribution in [2.24, 2.45) is 15.9 Å². The van der Waals surface area contributed by atoms with Gasteiger partial charge in [-0.05, 0) is 0 Å². The van der Waals surface area contributed by atoms with Crippen molar-refractivity contribution in [1.82, 2.24) is 5.48 Å². The summed E-state index contributed by atoms with van der Waals surface area (Å²) in [6.07, 6.45) is 1.19. The summed E-state index contributed by atoms with van der Waals surface area (Å²) in [6, 6.07) is 2.57. The van der Waals surface area contributed by atoms with Crippen LogP contribution in [0.3, 0.4) is 0 Å². The molecule has 0 atom stereocenters. The van der Waals surface area contributed by atoms with E-state index in [2.05, 4.69) is 15.0 Å². The first-order valence-corrected chi connectivity index (χ1v) is 6.09. The lowest BCUT2D eigenvalue weighted by Gasteiger charge is -2.07. The van der Waals surface area contributed by atoms with Gasteiger partial charge in [-0.3, -0.25) is 14.9 Å². The van der Waals surface area contributed by atoms with E-state index in [9.17, 15) is 14.9 Å². The van der Waals surface area contributed by atoms with E-state index in [0.717, 1.165) is 0 Å². The molecular formula is C12H15N5O6. The Labute approximate surface area is 130 Å². The highest BCUT2D eigenvalue weighted by Crippen LogP contribution is 2.33. The lowest BCUT2D eigenvalue weighted by atomic mass is 10.1. The number of hydroxylamine groups is 1. The molecule has 0 saturated carbocycles. The Morgan fingerprint density at radius 1 is 1.35 bits per heavy atom. The molecular weight excluding hydrogens is 310 g/mol. The molecule has 0 aromatic heterocycles. The number of benzene rings is 1. The smallest absolute Gasteiger partial charge is 0.329 e. The second-order valence-corrected chi connectivity index (χ2v) is 3.95. The standard InChI is InChI=1S/C12H15N5O6/c1-7(18)23-16-12(13)15-14-6-8-4-9(17(19)20)11(22-3)5-10(8)21-2/h4-6H,1-3H3,(H3,13,15,16). The summed E-state index contributed by atoms with van der Waals surface area (Å²) in [5.41, 5.74) is 7.44. The van der Waals surface area contributed by atoms with Crippen molar-refractivity contribution in [3.05, 3.63) is 27.8 Å². The molecule has 0 unspecified atom stereocenters. The van der Waals surface area contributed by atoms with Crippen LogP contribution < -0.4 is 20.7 Å². The van der Waals surface area contributed by atoms with Crippen LogP contribution in [-0.2, 0) is 9.63 Å². The minimum Gasteiger partial charge on any atom is -0.496 e. The molecule has 0 fully saturated rings. The van der Waals surface area contributed by atoms with E-state index in [1.165, 1.54) is 39.5 Å². The molecule has 0 saturated heterocycles. The predicted molar refractivity (Wildman–Crippen MR) is 80.3 cm³/mol. The van der Waals surface area contributed by atoms with E-state index < -0.39 is 10.9 Å². The van der Waals surface area contributed by atoms with Gasteiger partial charge in [0.15, 0.2) is 0 Å². The summed E-state index contributed by atoms with van der Waals surface area (Å²) in [7, 11) is 2.69. The molecule has 124 valence electrons. The molecule has 1 aromatic carbocycles. The molecule has 1 aromatic rings. The number of ether oxygens (including phenoxy) is 2. The minimum atomic E-state index is -0.612. The summed E-state index contributed by atoms with van der Waals surface area (Å²) in [4.78, 5) is 25.3. The lowest BCUT2D eigenvalue weighted by molar-refractivity contribution is -0.385. The lowest BCUT2D eigenvalue weighted by Crippen LogP contribution is -2.32. The van der Waals surface area contributed by atoms with Gasteiger partial charge >= 0.3 is 11.7 Å². The van der Waals surface area contributed by atoms with Crippen molar-refractivity contribution >= 4 is 23.8 Å². The Kier molecular flexibility index (Phi) is 6.28. The first kappa shape index (κ1) is 17.7. The molecule has 0 heterocycles. The van der Waals surface area contributed by atoms with Crippen LogP contribution in [0.25, 0.3) is 0 Å². The van der Waals surface area contributed by atoms with E-state index >= 15 is 0 Å². The third-order valence-corrected chi connectivity index (χ3v) is 2.39. The Bertz CT molecular complexity index is 658. The number of hydrogen-bond acceptors (Lipinski definition) is 8. The topological polar surface area (TPSA) is 151 Å². The van der Waals surface area contributed by atoms with Crippen LogP contribution in [0, 0.1) is 10.1 Å². The molecule has 11 nitrogen and oxygen atoms in total. The van der Waals surface area contributed by atoms with Crippen molar-refractivity contribution in [2.45, 2.75) is 6.92 Å². The Balaban J connectivity index is 3.04. The maximum Gasteiger partial charge on any atom is 0.329 e. The molecule has 0 radical (unpaired) electrons. The molecule has 0 aliphatic carbocycles. The van der Waals surface area contributed by atoms with Gasteiger partial charge < -0.3 is 20.0 Å². The number of nitrogens with two attached hydrogens (primary N) is 1. The maximum absolute atomic E-state index is 11.0. The first-order chi connectivity index (χ1) is 10.9. The maximum atomic E-state index is 11.0. The Morgan fingerprint density at radius 3 is 2.52 bits per heavy atom. The van der Waals surface area contributed by atoms with Crippen molar-refractivity contribution in [1.29, 1.82) is 0 Å². The first-order valence-electron chi connectivity index (χ1n) is 6.09. The average Bonchev–Trinajstić information content (AvgIpc) is 2.52. The molecule has 23 heavy (non-hydrogen) atoms. The van der Waals surface area contributed by atoms with Gasteiger partial charge in [0.05, 0.1) is 25.4 Å². The van der Waals surface area contributed by atoms with Gasteiger partial charge in [-0.25, -0.2) is 0 Å². The number of guanidine groups is 1. The number of rotatable bonds is 5. The van der Waals surface area contributed by atoms with E-state index in [4.69, 9.17) is 15.2 Å². The number of nitro groups is 1. The summed E-state index contributed by atoms with van der Waals surface area (Å²) in [5.74, 6) is -0.556. The zero-order valence-electron chi connectivity index (χ0n) is 12.6. The second kappa shape index (κ2) is 8.17. The SMILES string of the molecule is COc1cc(OC)c([N+](=O)[O-])cc1C=NN=C(N)NOC(C)=O. The minimum absolute atomic E-state index is 0.0449. The van der Waals surface area contributed by atoms with Crippen LogP contribution in [0.5, 0.6) is 11.5 Å². The van der Waals surface area contributed by atoms with Gasteiger partial charge in [0.2, 0.25) is 11.7 Å². The predicted octanol–water partition coefficient (Wildman–Crippen LogP) is 0.328. The molecule has 0 amide bonds. The number of carbonyl (C=O) groups is 1.